The highest BCUT2D eigenvalue weighted by atomic mass is 19.4. The molecule has 5 atom stereocenters. The molecule has 1 aromatic heterocycles. The molecule has 4 heterocycles. The van der Waals surface area contributed by atoms with Crippen LogP contribution < -0.4 is 21.1 Å². The molecule has 218 valence electrons. The zero-order valence-corrected chi connectivity index (χ0v) is 21.2. The third-order valence-corrected chi connectivity index (χ3v) is 7.29. The van der Waals surface area contributed by atoms with E-state index in [1.165, 1.54) is 11.8 Å². The van der Waals surface area contributed by atoms with Crippen molar-refractivity contribution in [1.82, 2.24) is 26.1 Å². The number of aromatic nitrogens is 1. The van der Waals surface area contributed by atoms with Crippen molar-refractivity contribution >= 4 is 17.6 Å². The maximum Gasteiger partial charge on any atom is 0.417 e. The molecule has 0 aliphatic carbocycles. The average molecular weight is 569 g/mol. The molecule has 10 nitrogen and oxygen atoms in total. The molecule has 2 fully saturated rings. The van der Waals surface area contributed by atoms with Crippen molar-refractivity contribution in [1.29, 1.82) is 0 Å². The van der Waals surface area contributed by atoms with E-state index in [0.29, 0.717) is 0 Å². The highest BCUT2D eigenvalue weighted by Crippen LogP contribution is 2.45. The summed E-state index contributed by atoms with van der Waals surface area (Å²) in [5.74, 6) is -3.42. The molecule has 0 radical (unpaired) electrons. The summed E-state index contributed by atoms with van der Waals surface area (Å²) in [4.78, 5) is 31.6. The molecule has 4 rings (SSSR count). The van der Waals surface area contributed by atoms with Crippen molar-refractivity contribution < 1.29 is 45.8 Å². The standard InChI is InChI=1S/C23H30F6N6O4/c1-12(32-15-9-31-33-20(37)18(15)23(27,28)29)11-39-6-3-17(36)34-4-5-35-16(10-34)21(2,38)14-7-13(22(24,25)26)8-30-19(14)35/h7-8,12,15-16,18,31-32,38H,3-6,9-11H2,1-2H3,(H,33,37)/t12-,15?,16-,18?,21-/m0/s1. The van der Waals surface area contributed by atoms with Crippen molar-refractivity contribution in [2.24, 2.45) is 5.92 Å². The summed E-state index contributed by atoms with van der Waals surface area (Å²) in [5.41, 5.74) is 1.82. The second-order valence-electron chi connectivity index (χ2n) is 10.2. The van der Waals surface area contributed by atoms with Gasteiger partial charge in [0, 0.05) is 50.0 Å². The van der Waals surface area contributed by atoms with Crippen molar-refractivity contribution in [3.63, 3.8) is 0 Å². The van der Waals surface area contributed by atoms with Crippen molar-refractivity contribution in [3.8, 4) is 0 Å². The number of hydrazine groups is 1. The number of rotatable bonds is 7. The number of piperazine rings is 1. The number of hydrogen-bond acceptors (Lipinski definition) is 8. The van der Waals surface area contributed by atoms with Gasteiger partial charge in [-0.2, -0.15) is 26.3 Å². The first-order valence-corrected chi connectivity index (χ1v) is 12.4. The highest BCUT2D eigenvalue weighted by Gasteiger charge is 2.52. The van der Waals surface area contributed by atoms with Crippen LogP contribution in [0.4, 0.5) is 32.2 Å². The van der Waals surface area contributed by atoms with Gasteiger partial charge in [0.2, 0.25) is 11.8 Å². The quantitative estimate of drug-likeness (QED) is 0.283. The second kappa shape index (κ2) is 10.7. The van der Waals surface area contributed by atoms with E-state index in [0.717, 1.165) is 12.3 Å². The minimum atomic E-state index is -4.72. The molecule has 0 bridgehead atoms. The lowest BCUT2D eigenvalue weighted by Gasteiger charge is -2.42. The number of carbonyl (C=O) groups is 2. The number of hydrogen-bond donors (Lipinski definition) is 4. The van der Waals surface area contributed by atoms with Gasteiger partial charge in [0.25, 0.3) is 0 Å². The molecule has 3 aliphatic heterocycles. The van der Waals surface area contributed by atoms with Gasteiger partial charge in [0.1, 0.15) is 11.4 Å². The topological polar surface area (TPSA) is 119 Å². The predicted octanol–water partition coefficient (Wildman–Crippen LogP) is 0.905. The number of amides is 2. The van der Waals surface area contributed by atoms with E-state index in [1.54, 1.807) is 11.8 Å². The Hall–Kier alpha value is -2.69. The Bertz CT molecular complexity index is 1080. The van der Waals surface area contributed by atoms with Crippen LogP contribution in [0.3, 0.4) is 0 Å². The molecule has 0 spiro atoms. The first-order valence-electron chi connectivity index (χ1n) is 12.4. The van der Waals surface area contributed by atoms with Crippen LogP contribution in [-0.2, 0) is 26.1 Å². The van der Waals surface area contributed by atoms with E-state index >= 15 is 0 Å². The molecular formula is C23H30F6N6O4. The van der Waals surface area contributed by atoms with Crippen LogP contribution in [0.5, 0.6) is 0 Å². The summed E-state index contributed by atoms with van der Waals surface area (Å²) in [6, 6.07) is -1.54. The summed E-state index contributed by atoms with van der Waals surface area (Å²) in [6.45, 7) is 3.43. The third kappa shape index (κ3) is 6.07. The number of pyridine rings is 1. The maximum atomic E-state index is 13.3. The monoisotopic (exact) mass is 568 g/mol. The Morgan fingerprint density at radius 3 is 2.69 bits per heavy atom. The van der Waals surface area contributed by atoms with E-state index in [9.17, 15) is 41.0 Å². The predicted molar refractivity (Wildman–Crippen MR) is 124 cm³/mol. The fourth-order valence-electron chi connectivity index (χ4n) is 5.29. The molecule has 3 aliphatic rings. The van der Waals surface area contributed by atoms with E-state index in [2.05, 4.69) is 15.7 Å². The number of fused-ring (bicyclic) bond motifs is 3. The highest BCUT2D eigenvalue weighted by molar-refractivity contribution is 5.80. The minimum absolute atomic E-state index is 0.0103. The lowest BCUT2D eigenvalue weighted by atomic mass is 9.90. The number of alkyl halides is 6. The summed E-state index contributed by atoms with van der Waals surface area (Å²) >= 11 is 0. The van der Waals surface area contributed by atoms with Gasteiger partial charge in [-0.25, -0.2) is 10.4 Å². The molecule has 4 N–H and O–H groups in total. The van der Waals surface area contributed by atoms with Crippen LogP contribution in [-0.4, -0.2) is 90.5 Å². The largest absolute Gasteiger partial charge is 0.417 e. The Balaban J connectivity index is 1.26. The van der Waals surface area contributed by atoms with Crippen LogP contribution in [0, 0.1) is 5.92 Å². The van der Waals surface area contributed by atoms with Gasteiger partial charge in [-0.15, -0.1) is 0 Å². The Morgan fingerprint density at radius 1 is 1.31 bits per heavy atom. The van der Waals surface area contributed by atoms with Gasteiger partial charge in [-0.05, 0) is 19.9 Å². The van der Waals surface area contributed by atoms with Gasteiger partial charge in [-0.3, -0.25) is 15.0 Å². The summed E-state index contributed by atoms with van der Waals surface area (Å²) in [5, 5.41) is 13.8. The van der Waals surface area contributed by atoms with Gasteiger partial charge < -0.3 is 25.0 Å². The summed E-state index contributed by atoms with van der Waals surface area (Å²) in [7, 11) is 0. The number of ether oxygens (including phenoxy) is 1. The zero-order chi connectivity index (χ0) is 28.8. The Kier molecular flexibility index (Phi) is 8.04. The summed E-state index contributed by atoms with van der Waals surface area (Å²) in [6.07, 6.45) is -8.64. The zero-order valence-electron chi connectivity index (χ0n) is 21.2. The fraction of sp³-hybridized carbons (Fsp3) is 0.696. The van der Waals surface area contributed by atoms with Gasteiger partial charge in [0.15, 0.2) is 5.92 Å². The van der Waals surface area contributed by atoms with E-state index in [1.807, 2.05) is 5.43 Å². The number of halogens is 6. The maximum absolute atomic E-state index is 13.3. The third-order valence-electron chi connectivity index (χ3n) is 7.29. The van der Waals surface area contributed by atoms with Gasteiger partial charge >= 0.3 is 12.4 Å². The molecule has 2 amide bonds. The second-order valence-corrected chi connectivity index (χ2v) is 10.2. The normalized spacial score (nSPS) is 28.1. The van der Waals surface area contributed by atoms with Crippen LogP contribution in [0.2, 0.25) is 0 Å². The Labute approximate surface area is 220 Å². The van der Waals surface area contributed by atoms with E-state index in [4.69, 9.17) is 4.74 Å². The Morgan fingerprint density at radius 2 is 2.03 bits per heavy atom. The van der Waals surface area contributed by atoms with Crippen LogP contribution in [0.25, 0.3) is 0 Å². The van der Waals surface area contributed by atoms with Crippen molar-refractivity contribution in [2.45, 2.75) is 56.3 Å². The van der Waals surface area contributed by atoms with Crippen LogP contribution >= 0.6 is 0 Å². The molecule has 2 saturated heterocycles. The molecule has 1 aromatic rings. The fourth-order valence-corrected chi connectivity index (χ4v) is 5.29. The molecule has 16 heteroatoms. The molecule has 0 saturated carbocycles. The lowest BCUT2D eigenvalue weighted by Crippen LogP contribution is -2.64. The van der Waals surface area contributed by atoms with Crippen molar-refractivity contribution in [3.05, 3.63) is 23.4 Å². The number of aliphatic hydroxyl groups is 1. The lowest BCUT2D eigenvalue weighted by molar-refractivity contribution is -0.193. The molecular weight excluding hydrogens is 538 g/mol. The van der Waals surface area contributed by atoms with E-state index < -0.39 is 53.5 Å². The first kappa shape index (κ1) is 29.3. The molecule has 0 aromatic carbocycles. The first-order chi connectivity index (χ1) is 18.1. The van der Waals surface area contributed by atoms with Crippen LogP contribution in [0.15, 0.2) is 12.3 Å². The summed E-state index contributed by atoms with van der Waals surface area (Å²) < 4.78 is 84.8. The van der Waals surface area contributed by atoms with Gasteiger partial charge in [-0.1, -0.05) is 0 Å². The molecule has 39 heavy (non-hydrogen) atoms. The minimum Gasteiger partial charge on any atom is -0.383 e. The average Bonchev–Trinajstić information content (AvgIpc) is 3.06. The smallest absolute Gasteiger partial charge is 0.383 e. The number of nitrogens with one attached hydrogen (secondary N) is 3. The number of carbonyl (C=O) groups excluding carboxylic acids is 2. The van der Waals surface area contributed by atoms with E-state index in [-0.39, 0.29) is 63.1 Å². The van der Waals surface area contributed by atoms with Gasteiger partial charge in [0.05, 0.1) is 31.2 Å². The van der Waals surface area contributed by atoms with Crippen molar-refractivity contribution in [2.75, 3.05) is 44.3 Å². The number of anilines is 1. The number of nitrogens with zero attached hydrogens (tertiary/aromatic N) is 3. The van der Waals surface area contributed by atoms with Crippen LogP contribution in [0.1, 0.15) is 31.4 Å². The molecule has 2 unspecified atom stereocenters. The SMILES string of the molecule is C[C@@H](COCCC(=O)N1CCN2c3ncc(C(F)(F)F)cc3[C@](C)(O)[C@@H]2C1)NC1CNNC(=O)C1C(F)(F)F.